The molecule has 2 bridgehead atoms. The van der Waals surface area contributed by atoms with E-state index in [-0.39, 0.29) is 11.9 Å². The van der Waals surface area contributed by atoms with E-state index in [0.717, 1.165) is 38.7 Å². The summed E-state index contributed by atoms with van der Waals surface area (Å²) >= 11 is 1.30. The number of anilines is 1. The molecule has 28 heavy (non-hydrogen) atoms. The number of rotatable bonds is 6. The molecule has 3 aliphatic heterocycles. The molecule has 7 nitrogen and oxygen atoms in total. The fraction of sp³-hybridized carbons (Fsp3) is 0.421. The molecular weight excluding hydrogens is 398 g/mol. The number of nitrogens with zero attached hydrogens (tertiary/aromatic N) is 1. The molecule has 0 spiro atoms. The topological polar surface area (TPSA) is 87.7 Å². The summed E-state index contributed by atoms with van der Waals surface area (Å²) in [6.07, 6.45) is 3.42. The number of nitrogens with one attached hydrogen (secondary N) is 2. The molecule has 1 aromatic carbocycles. The van der Waals surface area contributed by atoms with E-state index in [0.29, 0.717) is 27.3 Å². The highest BCUT2D eigenvalue weighted by atomic mass is 32.2. The van der Waals surface area contributed by atoms with Crippen LogP contribution in [0.4, 0.5) is 5.69 Å². The zero-order valence-electron chi connectivity index (χ0n) is 15.6. The Balaban J connectivity index is 1.35. The third-order valence-corrected chi connectivity index (χ3v) is 6.72. The summed E-state index contributed by atoms with van der Waals surface area (Å²) in [5.74, 6) is 1.11. The number of carbonyl (C=O) groups excluding carboxylic acids is 1. The molecule has 3 saturated heterocycles. The lowest BCUT2D eigenvalue weighted by molar-refractivity contribution is 0.0622. The normalized spacial score (nSPS) is 24.0. The van der Waals surface area contributed by atoms with E-state index in [4.69, 9.17) is 4.74 Å². The first-order valence-corrected chi connectivity index (χ1v) is 12.0. The molecule has 9 heteroatoms. The van der Waals surface area contributed by atoms with Gasteiger partial charge in [0.25, 0.3) is 5.91 Å². The Morgan fingerprint density at radius 1 is 1.14 bits per heavy atom. The van der Waals surface area contributed by atoms with Crippen LogP contribution in [0.25, 0.3) is 0 Å². The van der Waals surface area contributed by atoms with E-state index >= 15 is 0 Å². The molecule has 0 unspecified atom stereocenters. The van der Waals surface area contributed by atoms with Crippen molar-refractivity contribution in [2.24, 2.45) is 5.92 Å². The number of amides is 1. The Labute approximate surface area is 168 Å². The number of thiophene rings is 1. The second-order valence-corrected chi connectivity index (χ2v) is 10.1. The van der Waals surface area contributed by atoms with Crippen LogP contribution in [0.15, 0.2) is 36.4 Å². The third kappa shape index (κ3) is 4.65. The van der Waals surface area contributed by atoms with Gasteiger partial charge in [0, 0.05) is 18.3 Å². The van der Waals surface area contributed by atoms with Gasteiger partial charge in [0.05, 0.1) is 11.1 Å². The molecule has 0 saturated carbocycles. The molecule has 3 aliphatic rings. The first-order valence-electron chi connectivity index (χ1n) is 9.24. The fourth-order valence-electron chi connectivity index (χ4n) is 3.79. The smallest absolute Gasteiger partial charge is 0.261 e. The molecule has 2 aromatic rings. The summed E-state index contributed by atoms with van der Waals surface area (Å²) < 4.78 is 30.7. The number of benzene rings is 1. The lowest BCUT2D eigenvalue weighted by Crippen LogP contribution is -2.57. The third-order valence-electron chi connectivity index (χ3n) is 5.15. The van der Waals surface area contributed by atoms with Crippen LogP contribution in [0.1, 0.15) is 22.5 Å². The number of hydrogen-bond acceptors (Lipinski definition) is 6. The molecule has 1 atom stereocenters. The largest absolute Gasteiger partial charge is 0.447 e. The van der Waals surface area contributed by atoms with Gasteiger partial charge in [0.2, 0.25) is 10.0 Å². The van der Waals surface area contributed by atoms with Crippen molar-refractivity contribution in [1.82, 2.24) is 10.2 Å². The predicted octanol–water partition coefficient (Wildman–Crippen LogP) is 2.74. The molecule has 0 radical (unpaired) electrons. The number of hydrogen-bond donors (Lipinski definition) is 2. The minimum absolute atomic E-state index is 0.0497. The van der Waals surface area contributed by atoms with Crippen molar-refractivity contribution in [1.29, 1.82) is 0 Å². The highest BCUT2D eigenvalue weighted by molar-refractivity contribution is 7.92. The molecule has 2 N–H and O–H groups in total. The van der Waals surface area contributed by atoms with Crippen LogP contribution < -0.4 is 14.8 Å². The number of carbonyl (C=O) groups is 1. The van der Waals surface area contributed by atoms with Crippen molar-refractivity contribution in [3.05, 3.63) is 41.3 Å². The zero-order chi connectivity index (χ0) is 19.7. The van der Waals surface area contributed by atoms with Crippen LogP contribution in [0.3, 0.4) is 0 Å². The Morgan fingerprint density at radius 3 is 2.46 bits per heavy atom. The van der Waals surface area contributed by atoms with Gasteiger partial charge in [-0.3, -0.25) is 9.52 Å². The lowest BCUT2D eigenvalue weighted by Gasteiger charge is -2.44. The Morgan fingerprint density at radius 2 is 1.86 bits per heavy atom. The zero-order valence-corrected chi connectivity index (χ0v) is 17.2. The van der Waals surface area contributed by atoms with E-state index in [1.54, 1.807) is 36.4 Å². The van der Waals surface area contributed by atoms with Gasteiger partial charge in [0.1, 0.15) is 5.75 Å². The summed E-state index contributed by atoms with van der Waals surface area (Å²) in [5, 5.41) is 3.80. The molecule has 150 valence electrons. The van der Waals surface area contributed by atoms with Gasteiger partial charge in [-0.25, -0.2) is 8.42 Å². The van der Waals surface area contributed by atoms with Gasteiger partial charge >= 0.3 is 0 Å². The molecular formula is C19H23N3O4S2. The highest BCUT2D eigenvalue weighted by Gasteiger charge is 2.35. The second-order valence-electron chi connectivity index (χ2n) is 7.34. The number of fused-ring (bicyclic) bond motifs is 3. The first-order chi connectivity index (χ1) is 13.4. The van der Waals surface area contributed by atoms with E-state index in [9.17, 15) is 13.2 Å². The van der Waals surface area contributed by atoms with Gasteiger partial charge in [-0.05, 0) is 68.2 Å². The van der Waals surface area contributed by atoms with Crippen LogP contribution >= 0.6 is 11.3 Å². The quantitative estimate of drug-likeness (QED) is 0.749. The summed E-state index contributed by atoms with van der Waals surface area (Å²) in [4.78, 5) is 15.6. The summed E-state index contributed by atoms with van der Waals surface area (Å²) in [7, 11) is -3.31. The van der Waals surface area contributed by atoms with Gasteiger partial charge in [-0.2, -0.15) is 0 Å². The molecule has 3 fully saturated rings. The maximum absolute atomic E-state index is 12.6. The van der Waals surface area contributed by atoms with Gasteiger partial charge in [-0.1, -0.05) is 11.3 Å². The van der Waals surface area contributed by atoms with Crippen molar-refractivity contribution in [2.75, 3.05) is 30.6 Å². The minimum atomic E-state index is -3.31. The Bertz CT molecular complexity index is 948. The van der Waals surface area contributed by atoms with Crippen molar-refractivity contribution in [2.45, 2.75) is 18.9 Å². The maximum Gasteiger partial charge on any atom is 0.261 e. The average molecular weight is 422 g/mol. The highest BCUT2D eigenvalue weighted by Crippen LogP contribution is 2.31. The fourth-order valence-corrected chi connectivity index (χ4v) is 5.13. The van der Waals surface area contributed by atoms with Gasteiger partial charge in [-0.15, -0.1) is 0 Å². The minimum Gasteiger partial charge on any atom is -0.447 e. The lowest BCUT2D eigenvalue weighted by atomic mass is 9.84. The van der Waals surface area contributed by atoms with Crippen molar-refractivity contribution in [3.8, 4) is 10.8 Å². The molecule has 0 aliphatic carbocycles. The van der Waals surface area contributed by atoms with E-state index in [1.807, 2.05) is 0 Å². The summed E-state index contributed by atoms with van der Waals surface area (Å²) in [6.45, 7) is 3.23. The Hall–Kier alpha value is -2.10. The van der Waals surface area contributed by atoms with Crippen molar-refractivity contribution < 1.29 is 17.9 Å². The predicted molar refractivity (Wildman–Crippen MR) is 110 cm³/mol. The number of sulfonamides is 1. The molecule has 5 rings (SSSR count). The first kappa shape index (κ1) is 19.2. The number of ether oxygens (including phenoxy) is 1. The maximum atomic E-state index is 12.6. The Kier molecular flexibility index (Phi) is 5.31. The van der Waals surface area contributed by atoms with Crippen molar-refractivity contribution in [3.63, 3.8) is 0 Å². The van der Waals surface area contributed by atoms with Crippen LogP contribution in [0, 0.1) is 5.92 Å². The number of piperidine rings is 3. The summed E-state index contributed by atoms with van der Waals surface area (Å²) in [5.41, 5.74) is 0.471. The van der Waals surface area contributed by atoms with Crippen molar-refractivity contribution >= 4 is 33.0 Å². The van der Waals surface area contributed by atoms with Gasteiger partial charge < -0.3 is 15.0 Å². The van der Waals surface area contributed by atoms with E-state index in [2.05, 4.69) is 14.9 Å². The SMILES string of the molecule is CS(=O)(=O)Nc1ccc(Oc2ccc(C(=O)N[C@H]3CN4CCC3CC4)s2)cc1. The molecule has 4 heterocycles. The monoisotopic (exact) mass is 421 g/mol. The summed E-state index contributed by atoms with van der Waals surface area (Å²) in [6, 6.07) is 10.4. The second kappa shape index (κ2) is 7.73. The van der Waals surface area contributed by atoms with E-state index < -0.39 is 10.0 Å². The van der Waals surface area contributed by atoms with Gasteiger partial charge in [0.15, 0.2) is 5.06 Å². The average Bonchev–Trinajstić information content (AvgIpc) is 3.12. The molecule has 1 amide bonds. The van der Waals surface area contributed by atoms with Crippen LogP contribution in [0.2, 0.25) is 0 Å². The van der Waals surface area contributed by atoms with Crippen LogP contribution in [-0.4, -0.2) is 51.2 Å². The van der Waals surface area contributed by atoms with Crippen LogP contribution in [0.5, 0.6) is 10.8 Å². The van der Waals surface area contributed by atoms with Crippen LogP contribution in [-0.2, 0) is 10.0 Å². The van der Waals surface area contributed by atoms with E-state index in [1.165, 1.54) is 11.3 Å². The molecule has 1 aromatic heterocycles. The standard InChI is InChI=1S/C19H23N3O4S2/c1-28(24,25)21-14-2-4-15(5-3-14)26-18-7-6-17(27-18)19(23)20-16-12-22-10-8-13(16)9-11-22/h2-7,13,16,21H,8-12H2,1H3,(H,20,23)/t16-/m0/s1.